The van der Waals surface area contributed by atoms with Gasteiger partial charge in [0.25, 0.3) is 5.91 Å². The molecule has 2 atom stereocenters. The van der Waals surface area contributed by atoms with Gasteiger partial charge >= 0.3 is 0 Å². The van der Waals surface area contributed by atoms with Crippen molar-refractivity contribution in [2.24, 2.45) is 5.73 Å². The van der Waals surface area contributed by atoms with Crippen molar-refractivity contribution in [2.45, 2.75) is 43.7 Å². The average Bonchev–Trinajstić information content (AvgIpc) is 3.55. The van der Waals surface area contributed by atoms with Crippen molar-refractivity contribution >= 4 is 34.5 Å². The second-order valence-electron chi connectivity index (χ2n) is 8.75. The van der Waals surface area contributed by atoms with Crippen LogP contribution in [0.15, 0.2) is 36.7 Å². The number of nitrogens with two attached hydrogens (primary N) is 1. The number of nitrogens with zero attached hydrogens (tertiary/aromatic N) is 2. The van der Waals surface area contributed by atoms with E-state index >= 15 is 0 Å². The van der Waals surface area contributed by atoms with Crippen molar-refractivity contribution in [3.63, 3.8) is 0 Å². The minimum Gasteiger partial charge on any atom is -0.494 e. The SMILES string of the molecule is COc1c(Nc2cc(Cl)ncc2C(N)=O)cccc1C1=CN(C2CCCC23CCCO3)NC1. The lowest BCUT2D eigenvalue weighted by Gasteiger charge is -2.36. The molecule has 4 N–H and O–H groups in total. The van der Waals surface area contributed by atoms with Crippen LogP contribution >= 0.6 is 11.6 Å². The third kappa shape index (κ3) is 4.03. The summed E-state index contributed by atoms with van der Waals surface area (Å²) in [6, 6.07) is 7.79. The average molecular weight is 470 g/mol. The van der Waals surface area contributed by atoms with Gasteiger partial charge in [-0.1, -0.05) is 23.7 Å². The third-order valence-electron chi connectivity index (χ3n) is 6.87. The minimum absolute atomic E-state index is 0.0295. The van der Waals surface area contributed by atoms with Crippen LogP contribution in [0.3, 0.4) is 0 Å². The van der Waals surface area contributed by atoms with E-state index in [-0.39, 0.29) is 16.3 Å². The monoisotopic (exact) mass is 469 g/mol. The molecule has 1 aliphatic carbocycles. The molecule has 0 radical (unpaired) electrons. The van der Waals surface area contributed by atoms with Crippen LogP contribution in [0.25, 0.3) is 5.57 Å². The number of benzene rings is 1. The number of nitrogens with one attached hydrogen (secondary N) is 2. The first-order valence-corrected chi connectivity index (χ1v) is 11.6. The van der Waals surface area contributed by atoms with E-state index in [0.29, 0.717) is 29.7 Å². The summed E-state index contributed by atoms with van der Waals surface area (Å²) in [6.45, 7) is 1.55. The summed E-state index contributed by atoms with van der Waals surface area (Å²) in [6.07, 6.45) is 9.23. The quantitative estimate of drug-likeness (QED) is 0.552. The molecule has 9 heteroatoms. The Hall–Kier alpha value is -2.81. The van der Waals surface area contributed by atoms with Crippen LogP contribution in [0.2, 0.25) is 5.15 Å². The number of carbonyl (C=O) groups is 1. The number of hydrogen-bond acceptors (Lipinski definition) is 7. The lowest BCUT2D eigenvalue weighted by Crippen LogP contribution is -2.50. The highest BCUT2D eigenvalue weighted by Gasteiger charge is 2.49. The van der Waals surface area contributed by atoms with Gasteiger partial charge in [-0.25, -0.2) is 10.4 Å². The van der Waals surface area contributed by atoms with Crippen LogP contribution in [0.1, 0.15) is 48.0 Å². The minimum atomic E-state index is -0.588. The topological polar surface area (TPSA) is 102 Å². The van der Waals surface area contributed by atoms with Gasteiger partial charge < -0.3 is 25.5 Å². The molecule has 33 heavy (non-hydrogen) atoms. The molecule has 1 amide bonds. The van der Waals surface area contributed by atoms with Crippen LogP contribution in [0, 0.1) is 0 Å². The van der Waals surface area contributed by atoms with E-state index in [2.05, 4.69) is 26.9 Å². The maximum absolute atomic E-state index is 11.9. The molecule has 2 aliphatic heterocycles. The van der Waals surface area contributed by atoms with Crippen LogP contribution < -0.4 is 21.2 Å². The zero-order valence-corrected chi connectivity index (χ0v) is 19.3. The number of halogens is 1. The van der Waals surface area contributed by atoms with Gasteiger partial charge in [-0.3, -0.25) is 4.79 Å². The zero-order chi connectivity index (χ0) is 23.0. The molecular weight excluding hydrogens is 442 g/mol. The molecule has 3 heterocycles. The van der Waals surface area contributed by atoms with Crippen LogP contribution in [-0.2, 0) is 4.74 Å². The van der Waals surface area contributed by atoms with Crippen LogP contribution in [-0.4, -0.2) is 47.8 Å². The van der Waals surface area contributed by atoms with Gasteiger partial charge in [0.05, 0.1) is 35.7 Å². The summed E-state index contributed by atoms with van der Waals surface area (Å²) in [5, 5.41) is 5.75. The highest BCUT2D eigenvalue weighted by molar-refractivity contribution is 6.29. The van der Waals surface area contributed by atoms with Gasteiger partial charge in [-0.15, -0.1) is 0 Å². The van der Waals surface area contributed by atoms with Gasteiger partial charge in [0, 0.05) is 31.1 Å². The Bertz CT molecular complexity index is 1090. The van der Waals surface area contributed by atoms with E-state index in [9.17, 15) is 4.79 Å². The summed E-state index contributed by atoms with van der Waals surface area (Å²) in [7, 11) is 1.64. The lowest BCUT2D eigenvalue weighted by atomic mass is 9.93. The van der Waals surface area contributed by atoms with Crippen molar-refractivity contribution in [2.75, 3.05) is 25.6 Å². The van der Waals surface area contributed by atoms with E-state index in [1.165, 1.54) is 12.6 Å². The summed E-state index contributed by atoms with van der Waals surface area (Å²) >= 11 is 6.06. The number of amides is 1. The fourth-order valence-electron chi connectivity index (χ4n) is 5.38. The van der Waals surface area contributed by atoms with Crippen LogP contribution in [0.4, 0.5) is 11.4 Å². The van der Waals surface area contributed by atoms with Gasteiger partial charge in [0.15, 0.2) is 0 Å². The molecule has 5 rings (SSSR count). The number of carbonyl (C=O) groups excluding carboxylic acids is 1. The maximum Gasteiger partial charge on any atom is 0.252 e. The second kappa shape index (κ2) is 8.85. The Kier molecular flexibility index (Phi) is 5.90. The Labute approximate surface area is 198 Å². The molecule has 3 aliphatic rings. The maximum atomic E-state index is 11.9. The fourth-order valence-corrected chi connectivity index (χ4v) is 5.54. The predicted molar refractivity (Wildman–Crippen MR) is 127 cm³/mol. The summed E-state index contributed by atoms with van der Waals surface area (Å²) in [4.78, 5) is 15.8. The van der Waals surface area contributed by atoms with Gasteiger partial charge in [0.2, 0.25) is 0 Å². The number of aromatic nitrogens is 1. The summed E-state index contributed by atoms with van der Waals surface area (Å²) in [5.41, 5.74) is 12.6. The number of primary amides is 1. The number of pyridine rings is 1. The molecule has 174 valence electrons. The Balaban J connectivity index is 1.45. The number of methoxy groups -OCH3 is 1. The van der Waals surface area contributed by atoms with Crippen molar-refractivity contribution < 1.29 is 14.3 Å². The fraction of sp³-hybridized carbons (Fsp3) is 0.417. The highest BCUT2D eigenvalue weighted by Crippen LogP contribution is 2.45. The van der Waals surface area contributed by atoms with Gasteiger partial charge in [-0.2, -0.15) is 0 Å². The molecule has 8 nitrogen and oxygen atoms in total. The van der Waals surface area contributed by atoms with E-state index in [0.717, 1.165) is 43.4 Å². The summed E-state index contributed by atoms with van der Waals surface area (Å²) in [5.74, 6) is 0.0868. The first kappa shape index (κ1) is 22.0. The molecule has 1 aromatic heterocycles. The van der Waals surface area contributed by atoms with Gasteiger partial charge in [0.1, 0.15) is 10.9 Å². The second-order valence-corrected chi connectivity index (χ2v) is 9.14. The molecule has 2 fully saturated rings. The number of hydrazine groups is 1. The highest BCUT2D eigenvalue weighted by atomic mass is 35.5. The Morgan fingerprint density at radius 1 is 1.36 bits per heavy atom. The molecule has 0 bridgehead atoms. The number of rotatable bonds is 6. The molecule has 1 aromatic carbocycles. The number of hydrogen-bond donors (Lipinski definition) is 3. The molecule has 1 saturated carbocycles. The third-order valence-corrected chi connectivity index (χ3v) is 7.08. The first-order valence-electron chi connectivity index (χ1n) is 11.3. The van der Waals surface area contributed by atoms with E-state index < -0.39 is 5.91 Å². The van der Waals surface area contributed by atoms with Crippen molar-refractivity contribution in [3.8, 4) is 5.75 Å². The molecule has 2 aromatic rings. The molecule has 1 spiro atoms. The standard InChI is InChI=1S/C24H28ClN5O3/c1-32-22-16(5-2-6-18(22)29-19-11-21(25)27-13-17(19)23(26)31)15-12-28-30(14-15)20-7-3-8-24(20)9-4-10-33-24/h2,5-6,11,13-14,20,28H,3-4,7-10,12H2,1H3,(H2,26,31)(H,27,29). The zero-order valence-electron chi connectivity index (χ0n) is 18.6. The summed E-state index contributed by atoms with van der Waals surface area (Å²) < 4.78 is 12.0. The normalized spacial score (nSPS) is 24.4. The Morgan fingerprint density at radius 2 is 2.21 bits per heavy atom. The van der Waals surface area contributed by atoms with Gasteiger partial charge in [-0.05, 0) is 49.8 Å². The smallest absolute Gasteiger partial charge is 0.252 e. The van der Waals surface area contributed by atoms with E-state index in [1.807, 2.05) is 18.2 Å². The molecular formula is C24H28ClN5O3. The number of anilines is 2. The van der Waals surface area contributed by atoms with Crippen LogP contribution in [0.5, 0.6) is 5.75 Å². The van der Waals surface area contributed by atoms with Crippen molar-refractivity contribution in [1.82, 2.24) is 15.4 Å². The lowest BCUT2D eigenvalue weighted by molar-refractivity contribution is -0.0455. The largest absolute Gasteiger partial charge is 0.494 e. The Morgan fingerprint density at radius 3 is 2.97 bits per heavy atom. The number of para-hydroxylation sites is 1. The van der Waals surface area contributed by atoms with Crippen molar-refractivity contribution in [3.05, 3.63) is 52.9 Å². The predicted octanol–water partition coefficient (Wildman–Crippen LogP) is 3.85. The number of ether oxygens (including phenoxy) is 2. The van der Waals surface area contributed by atoms with E-state index in [4.69, 9.17) is 26.8 Å². The van der Waals surface area contributed by atoms with Crippen molar-refractivity contribution in [1.29, 1.82) is 0 Å². The first-order chi connectivity index (χ1) is 16.0. The molecule has 2 unspecified atom stereocenters. The van der Waals surface area contributed by atoms with E-state index in [1.54, 1.807) is 13.2 Å². The molecule has 1 saturated heterocycles.